The first-order valence-electron chi connectivity index (χ1n) is 6.15. The lowest BCUT2D eigenvalue weighted by atomic mass is 10.1. The maximum Gasteiger partial charge on any atom is 0.203 e. The van der Waals surface area contributed by atoms with Crippen LogP contribution in [0.3, 0.4) is 0 Å². The Labute approximate surface area is 137 Å². The van der Waals surface area contributed by atoms with Crippen molar-refractivity contribution in [3.05, 3.63) is 21.9 Å². The number of nitrogens with zero attached hydrogens (tertiary/aromatic N) is 2. The summed E-state index contributed by atoms with van der Waals surface area (Å²) in [6.45, 7) is 0. The Bertz CT molecular complexity index is 624. The van der Waals surface area contributed by atoms with Gasteiger partial charge in [0.15, 0.2) is 17.3 Å². The van der Waals surface area contributed by atoms with Gasteiger partial charge in [-0.1, -0.05) is 0 Å². The van der Waals surface area contributed by atoms with E-state index in [0.29, 0.717) is 23.1 Å². The summed E-state index contributed by atoms with van der Waals surface area (Å²) < 4.78 is 16.9. The molecule has 2 rings (SSSR count). The number of ether oxygens (including phenoxy) is 3. The van der Waals surface area contributed by atoms with E-state index in [-0.39, 0.29) is 0 Å². The van der Waals surface area contributed by atoms with Gasteiger partial charge < -0.3 is 19.5 Å². The SMILES string of the molecule is CNc1nc(-c2cc(OC)c(OC)c(OC)c2)ncc1I. The van der Waals surface area contributed by atoms with Crippen molar-refractivity contribution < 1.29 is 14.2 Å². The molecule has 0 saturated heterocycles. The number of nitrogens with one attached hydrogen (secondary N) is 1. The fraction of sp³-hybridized carbons (Fsp3) is 0.286. The van der Waals surface area contributed by atoms with E-state index in [1.807, 2.05) is 19.2 Å². The van der Waals surface area contributed by atoms with Crippen LogP contribution in [0.5, 0.6) is 17.2 Å². The highest BCUT2D eigenvalue weighted by Crippen LogP contribution is 2.40. The van der Waals surface area contributed by atoms with E-state index in [2.05, 4.69) is 37.9 Å². The third-order valence-corrected chi connectivity index (χ3v) is 3.69. The molecule has 1 aromatic heterocycles. The van der Waals surface area contributed by atoms with E-state index in [4.69, 9.17) is 14.2 Å². The molecule has 0 spiro atoms. The van der Waals surface area contributed by atoms with Gasteiger partial charge in [0.2, 0.25) is 5.75 Å². The fourth-order valence-electron chi connectivity index (χ4n) is 1.89. The Morgan fingerprint density at radius 1 is 1.05 bits per heavy atom. The third kappa shape index (κ3) is 3.12. The molecule has 21 heavy (non-hydrogen) atoms. The minimum Gasteiger partial charge on any atom is -0.493 e. The van der Waals surface area contributed by atoms with Gasteiger partial charge in [-0.3, -0.25) is 0 Å². The molecule has 1 heterocycles. The smallest absolute Gasteiger partial charge is 0.203 e. The van der Waals surface area contributed by atoms with Crippen molar-refractivity contribution in [2.75, 3.05) is 33.7 Å². The number of anilines is 1. The van der Waals surface area contributed by atoms with Crippen LogP contribution in [0.15, 0.2) is 18.3 Å². The Balaban J connectivity index is 2.58. The van der Waals surface area contributed by atoms with Crippen molar-refractivity contribution in [2.24, 2.45) is 0 Å². The standard InChI is InChI=1S/C14H16IN3O3/c1-16-14-9(15)7-17-13(18-14)8-5-10(19-2)12(21-4)11(6-8)20-3/h5-7H,1-4H3,(H,16,17,18). The van der Waals surface area contributed by atoms with Gasteiger partial charge in [0.1, 0.15) is 5.82 Å². The van der Waals surface area contributed by atoms with Gasteiger partial charge in [-0.25, -0.2) is 9.97 Å². The van der Waals surface area contributed by atoms with Crippen molar-refractivity contribution >= 4 is 28.4 Å². The number of rotatable bonds is 5. The lowest BCUT2D eigenvalue weighted by molar-refractivity contribution is 0.324. The monoisotopic (exact) mass is 401 g/mol. The molecule has 0 aliphatic heterocycles. The molecular weight excluding hydrogens is 385 g/mol. The lowest BCUT2D eigenvalue weighted by Crippen LogP contribution is -2.00. The molecule has 112 valence electrons. The summed E-state index contributed by atoms with van der Waals surface area (Å²) in [5.41, 5.74) is 0.789. The summed E-state index contributed by atoms with van der Waals surface area (Å²) in [4.78, 5) is 8.84. The van der Waals surface area contributed by atoms with Crippen LogP contribution in [-0.4, -0.2) is 38.3 Å². The van der Waals surface area contributed by atoms with Crippen molar-refractivity contribution in [1.82, 2.24) is 9.97 Å². The summed E-state index contributed by atoms with van der Waals surface area (Å²) in [7, 11) is 6.55. The van der Waals surface area contributed by atoms with Crippen LogP contribution in [0.4, 0.5) is 5.82 Å². The zero-order valence-electron chi connectivity index (χ0n) is 12.2. The van der Waals surface area contributed by atoms with Crippen LogP contribution in [0.2, 0.25) is 0 Å². The van der Waals surface area contributed by atoms with Gasteiger partial charge in [0.05, 0.1) is 24.9 Å². The van der Waals surface area contributed by atoms with Crippen LogP contribution < -0.4 is 19.5 Å². The average molecular weight is 401 g/mol. The molecule has 0 aliphatic carbocycles. The van der Waals surface area contributed by atoms with Crippen molar-refractivity contribution in [3.63, 3.8) is 0 Å². The topological polar surface area (TPSA) is 65.5 Å². The summed E-state index contributed by atoms with van der Waals surface area (Å²) in [6.07, 6.45) is 1.76. The molecule has 0 radical (unpaired) electrons. The van der Waals surface area contributed by atoms with E-state index in [0.717, 1.165) is 15.0 Å². The van der Waals surface area contributed by atoms with Crippen LogP contribution in [0.25, 0.3) is 11.4 Å². The highest BCUT2D eigenvalue weighted by molar-refractivity contribution is 14.1. The quantitative estimate of drug-likeness (QED) is 0.778. The molecule has 2 aromatic rings. The third-order valence-electron chi connectivity index (χ3n) is 2.90. The maximum absolute atomic E-state index is 5.34. The highest BCUT2D eigenvalue weighted by Gasteiger charge is 2.16. The molecule has 0 fully saturated rings. The first kappa shape index (κ1) is 15.6. The molecule has 0 saturated carbocycles. The number of benzene rings is 1. The van der Waals surface area contributed by atoms with Crippen molar-refractivity contribution in [1.29, 1.82) is 0 Å². The molecule has 0 unspecified atom stereocenters. The van der Waals surface area contributed by atoms with Gasteiger partial charge in [-0.05, 0) is 34.7 Å². The van der Waals surface area contributed by atoms with E-state index < -0.39 is 0 Å². The molecule has 0 bridgehead atoms. The molecule has 1 aromatic carbocycles. The Morgan fingerprint density at radius 2 is 1.67 bits per heavy atom. The summed E-state index contributed by atoms with van der Waals surface area (Å²) in [5.74, 6) is 3.04. The Morgan fingerprint density at radius 3 is 2.14 bits per heavy atom. The van der Waals surface area contributed by atoms with Crippen LogP contribution in [0, 0.1) is 3.57 Å². The predicted molar refractivity (Wildman–Crippen MR) is 89.4 cm³/mol. The highest BCUT2D eigenvalue weighted by atomic mass is 127. The molecule has 7 heteroatoms. The minimum absolute atomic E-state index is 0.545. The summed E-state index contributed by atoms with van der Waals surface area (Å²) >= 11 is 2.18. The van der Waals surface area contributed by atoms with E-state index in [1.54, 1.807) is 27.5 Å². The molecule has 6 nitrogen and oxygen atoms in total. The molecule has 1 N–H and O–H groups in total. The van der Waals surface area contributed by atoms with Gasteiger partial charge >= 0.3 is 0 Å². The molecule has 0 amide bonds. The van der Waals surface area contributed by atoms with E-state index in [9.17, 15) is 0 Å². The molecular formula is C14H16IN3O3. The zero-order valence-corrected chi connectivity index (χ0v) is 14.4. The molecule has 0 atom stereocenters. The summed E-state index contributed by atoms with van der Waals surface area (Å²) in [6, 6.07) is 3.64. The van der Waals surface area contributed by atoms with Gasteiger partial charge in [-0.15, -0.1) is 0 Å². The second-order valence-electron chi connectivity index (χ2n) is 4.05. The zero-order chi connectivity index (χ0) is 15.4. The normalized spacial score (nSPS) is 10.1. The predicted octanol–water partition coefficient (Wildman–Crippen LogP) is 2.82. The first-order valence-corrected chi connectivity index (χ1v) is 7.23. The average Bonchev–Trinajstić information content (AvgIpc) is 2.53. The maximum atomic E-state index is 5.34. The largest absolute Gasteiger partial charge is 0.493 e. The van der Waals surface area contributed by atoms with Crippen molar-refractivity contribution in [3.8, 4) is 28.6 Å². The second-order valence-corrected chi connectivity index (χ2v) is 5.22. The lowest BCUT2D eigenvalue weighted by Gasteiger charge is -2.14. The number of aromatic nitrogens is 2. The van der Waals surface area contributed by atoms with Crippen molar-refractivity contribution in [2.45, 2.75) is 0 Å². The Hall–Kier alpha value is -1.77. The Kier molecular flexibility index (Phi) is 5.05. The van der Waals surface area contributed by atoms with Gasteiger partial charge in [0, 0.05) is 18.8 Å². The van der Waals surface area contributed by atoms with Gasteiger partial charge in [-0.2, -0.15) is 0 Å². The number of halogens is 1. The van der Waals surface area contributed by atoms with Crippen LogP contribution in [-0.2, 0) is 0 Å². The number of hydrogen-bond acceptors (Lipinski definition) is 6. The summed E-state index contributed by atoms with van der Waals surface area (Å²) in [5, 5.41) is 3.04. The number of methoxy groups -OCH3 is 3. The van der Waals surface area contributed by atoms with E-state index in [1.165, 1.54) is 0 Å². The van der Waals surface area contributed by atoms with Crippen LogP contribution in [0.1, 0.15) is 0 Å². The second kappa shape index (κ2) is 6.79. The number of hydrogen-bond donors (Lipinski definition) is 1. The van der Waals surface area contributed by atoms with E-state index >= 15 is 0 Å². The minimum atomic E-state index is 0.545. The van der Waals surface area contributed by atoms with Crippen LogP contribution >= 0.6 is 22.6 Å². The van der Waals surface area contributed by atoms with Gasteiger partial charge in [0.25, 0.3) is 0 Å². The molecule has 0 aliphatic rings. The first-order chi connectivity index (χ1) is 10.1. The fourth-order valence-corrected chi connectivity index (χ4v) is 2.42.